The number of hydrogen-bond donors (Lipinski definition) is 1. The summed E-state index contributed by atoms with van der Waals surface area (Å²) >= 11 is 0. The third-order valence-electron chi connectivity index (χ3n) is 12.2. The van der Waals surface area contributed by atoms with Crippen LogP contribution in [0.5, 0.6) is 5.75 Å². The highest BCUT2D eigenvalue weighted by Crippen LogP contribution is 2.44. The van der Waals surface area contributed by atoms with E-state index in [2.05, 4.69) is 200 Å². The maximum Gasteiger partial charge on any atom is 0.149 e. The molecule has 62 heavy (non-hydrogen) atoms. The van der Waals surface area contributed by atoms with Gasteiger partial charge in [0.2, 0.25) is 0 Å². The number of aromatic nitrogens is 3. The molecule has 6 aromatic carbocycles. The van der Waals surface area contributed by atoms with E-state index in [1.165, 1.54) is 11.1 Å². The van der Waals surface area contributed by atoms with Gasteiger partial charge in [-0.3, -0.25) is 9.55 Å². The summed E-state index contributed by atoms with van der Waals surface area (Å²) in [6, 6.07) is 47.4. The zero-order valence-electron chi connectivity index (χ0n) is 39.6. The van der Waals surface area contributed by atoms with E-state index in [0.717, 1.165) is 78.0 Å². The van der Waals surface area contributed by atoms with Crippen LogP contribution in [0, 0.1) is 6.92 Å². The molecule has 0 saturated carbocycles. The highest BCUT2D eigenvalue weighted by molar-refractivity contribution is 5.98. The van der Waals surface area contributed by atoms with Crippen LogP contribution in [0.1, 0.15) is 111 Å². The largest absolute Gasteiger partial charge is 0.507 e. The first-order valence-electron chi connectivity index (χ1n) is 22.4. The van der Waals surface area contributed by atoms with Crippen molar-refractivity contribution in [3.8, 4) is 67.5 Å². The molecule has 0 unspecified atom stereocenters. The zero-order chi connectivity index (χ0) is 45.2. The first-order chi connectivity index (χ1) is 29.6. The van der Waals surface area contributed by atoms with Crippen LogP contribution in [-0.4, -0.2) is 19.6 Å². The van der Waals surface area contributed by atoms with Gasteiger partial charge in [0.1, 0.15) is 11.6 Å². The zero-order valence-corrected chi connectivity index (χ0v) is 38.6. The lowest BCUT2D eigenvalue weighted by Crippen LogP contribution is -2.13. The van der Waals surface area contributed by atoms with Gasteiger partial charge in [0.05, 0.1) is 28.0 Å². The molecule has 0 atom stereocenters. The summed E-state index contributed by atoms with van der Waals surface area (Å²) in [5.74, 6) is 0.253. The van der Waals surface area contributed by atoms with Crippen molar-refractivity contribution < 1.29 is 6.48 Å². The molecular formula is C58H61N3O. The van der Waals surface area contributed by atoms with Crippen LogP contribution in [0.2, 0.25) is 0 Å². The van der Waals surface area contributed by atoms with E-state index < -0.39 is 5.89 Å². The second-order valence-corrected chi connectivity index (χ2v) is 20.3. The van der Waals surface area contributed by atoms with E-state index >= 15 is 0 Å². The summed E-state index contributed by atoms with van der Waals surface area (Å²) in [6.45, 7) is 26.0. The number of nitrogens with zero attached hydrogens (tertiary/aromatic N) is 3. The van der Waals surface area contributed by atoms with Crippen molar-refractivity contribution in [3.63, 3.8) is 0 Å². The van der Waals surface area contributed by atoms with Crippen LogP contribution in [0.25, 0.3) is 72.7 Å². The van der Waals surface area contributed by atoms with Gasteiger partial charge in [0.25, 0.3) is 0 Å². The van der Waals surface area contributed by atoms with Gasteiger partial charge >= 0.3 is 0 Å². The highest BCUT2D eigenvalue weighted by Gasteiger charge is 2.27. The SMILES string of the molecule is [2H]C(C)(C)c1ccc(-c2ccnc(-c3cc(-c4cccc5c4nc(-c4cc(C(C)(C)C)cc(C)c4O)n5-c4ccc(C(C)(C)C)cc4-c4ccccc4)cc(C(C)(C)C)c3)c2)cc1. The fraction of sp³-hybridized carbons (Fsp3) is 0.276. The Bertz CT molecular complexity index is 2980. The number of hydrogen-bond acceptors (Lipinski definition) is 3. The van der Waals surface area contributed by atoms with Crippen LogP contribution in [0.4, 0.5) is 0 Å². The number of benzene rings is 6. The van der Waals surface area contributed by atoms with Crippen LogP contribution in [-0.2, 0) is 16.2 Å². The standard InChI is InChI=1S/C58H61N3O/c1-36(2)38-21-23-39(24-22-38)41-27-28-59-50(33-41)43-30-42(31-46(32-43)58(10,11)12)47-19-16-20-52-53(47)60-55(49-35-45(57(7,8)9)29-37(3)54(49)62)61(52)51-26-25-44(56(4,5)6)34-48(51)40-17-14-13-15-18-40/h13-36,62H,1-12H3/i36D. The quantitative estimate of drug-likeness (QED) is 0.174. The summed E-state index contributed by atoms with van der Waals surface area (Å²) in [4.78, 5) is 10.6. The Morgan fingerprint density at radius 3 is 1.85 bits per heavy atom. The molecule has 0 radical (unpaired) electrons. The molecule has 0 aliphatic carbocycles. The lowest BCUT2D eigenvalue weighted by molar-refractivity contribution is 0.471. The molecule has 1 N–H and O–H groups in total. The molecule has 4 heteroatoms. The monoisotopic (exact) mass is 816 g/mol. The van der Waals surface area contributed by atoms with Gasteiger partial charge in [0, 0.05) is 24.3 Å². The number of phenolic OH excluding ortho intramolecular Hbond substituents is 1. The van der Waals surface area contributed by atoms with Gasteiger partial charge in [-0.25, -0.2) is 4.98 Å². The van der Waals surface area contributed by atoms with Crippen LogP contribution >= 0.6 is 0 Å². The molecule has 8 rings (SSSR count). The van der Waals surface area contributed by atoms with Crippen LogP contribution in [0.3, 0.4) is 0 Å². The van der Waals surface area contributed by atoms with Crippen molar-refractivity contribution in [2.75, 3.05) is 0 Å². The lowest BCUT2D eigenvalue weighted by Gasteiger charge is -2.24. The maximum atomic E-state index is 12.0. The Kier molecular flexibility index (Phi) is 10.5. The molecule has 0 spiro atoms. The third-order valence-corrected chi connectivity index (χ3v) is 12.2. The number of pyridine rings is 1. The molecule has 0 aliphatic heterocycles. The number of para-hydroxylation sites is 1. The van der Waals surface area contributed by atoms with Gasteiger partial charge in [-0.15, -0.1) is 0 Å². The number of rotatable bonds is 7. The van der Waals surface area contributed by atoms with Gasteiger partial charge < -0.3 is 5.11 Å². The average molecular weight is 817 g/mol. The second-order valence-electron chi connectivity index (χ2n) is 20.3. The predicted molar refractivity (Wildman–Crippen MR) is 263 cm³/mol. The fourth-order valence-corrected chi connectivity index (χ4v) is 8.31. The molecule has 0 aliphatic rings. The van der Waals surface area contributed by atoms with E-state index in [-0.39, 0.29) is 22.0 Å². The minimum atomic E-state index is -0.665. The minimum absolute atomic E-state index is 0.0698. The Morgan fingerprint density at radius 2 is 1.19 bits per heavy atom. The van der Waals surface area contributed by atoms with Crippen LogP contribution in [0.15, 0.2) is 140 Å². The average Bonchev–Trinajstić information content (AvgIpc) is 3.62. The molecule has 0 amide bonds. The second kappa shape index (κ2) is 15.9. The molecule has 0 bridgehead atoms. The Balaban J connectivity index is 1.40. The minimum Gasteiger partial charge on any atom is -0.507 e. The Labute approximate surface area is 370 Å². The van der Waals surface area contributed by atoms with Crippen molar-refractivity contribution in [2.24, 2.45) is 0 Å². The molecule has 2 heterocycles. The van der Waals surface area contributed by atoms with E-state index in [0.29, 0.717) is 11.4 Å². The molecule has 2 aromatic heterocycles. The first kappa shape index (κ1) is 41.1. The van der Waals surface area contributed by atoms with E-state index in [4.69, 9.17) is 11.3 Å². The molecule has 0 saturated heterocycles. The molecule has 314 valence electrons. The van der Waals surface area contributed by atoms with Gasteiger partial charge in [-0.1, -0.05) is 161 Å². The van der Waals surface area contributed by atoms with E-state index in [1.54, 1.807) is 0 Å². The maximum absolute atomic E-state index is 12.0. The number of phenols is 1. The topological polar surface area (TPSA) is 50.9 Å². The Hall–Kier alpha value is -6.26. The lowest BCUT2D eigenvalue weighted by atomic mass is 9.83. The molecule has 0 fully saturated rings. The predicted octanol–water partition coefficient (Wildman–Crippen LogP) is 15.8. The fourth-order valence-electron chi connectivity index (χ4n) is 8.31. The molecule has 4 nitrogen and oxygen atoms in total. The van der Waals surface area contributed by atoms with Gasteiger partial charge in [-0.05, 0) is 128 Å². The van der Waals surface area contributed by atoms with Gasteiger partial charge in [0.15, 0.2) is 0 Å². The van der Waals surface area contributed by atoms with Crippen molar-refractivity contribution >= 4 is 11.0 Å². The summed E-state index contributed by atoms with van der Waals surface area (Å²) in [7, 11) is 0. The number of fused-ring (bicyclic) bond motifs is 1. The summed E-state index contributed by atoms with van der Waals surface area (Å²) in [5, 5.41) is 12.0. The summed E-state index contributed by atoms with van der Waals surface area (Å²) < 4.78 is 10.8. The molecule has 8 aromatic rings. The number of aryl methyl sites for hydroxylation is 1. The van der Waals surface area contributed by atoms with Crippen molar-refractivity contribution in [1.82, 2.24) is 14.5 Å². The number of aromatic hydroxyl groups is 1. The molecular weight excluding hydrogens is 755 g/mol. The highest BCUT2D eigenvalue weighted by atomic mass is 16.3. The first-order valence-corrected chi connectivity index (χ1v) is 21.9. The van der Waals surface area contributed by atoms with Crippen molar-refractivity contribution in [1.29, 1.82) is 0 Å². The van der Waals surface area contributed by atoms with Gasteiger partial charge in [-0.2, -0.15) is 0 Å². The smallest absolute Gasteiger partial charge is 0.149 e. The normalized spacial score (nSPS) is 12.8. The summed E-state index contributed by atoms with van der Waals surface area (Å²) in [6.07, 6.45) is 1.89. The summed E-state index contributed by atoms with van der Waals surface area (Å²) in [5.41, 5.74) is 16.8. The van der Waals surface area contributed by atoms with Crippen molar-refractivity contribution in [2.45, 2.75) is 105 Å². The van der Waals surface area contributed by atoms with Crippen LogP contribution < -0.4 is 0 Å². The van der Waals surface area contributed by atoms with Crippen molar-refractivity contribution in [3.05, 3.63) is 167 Å². The van der Waals surface area contributed by atoms with E-state index in [1.807, 2.05) is 27.0 Å². The Morgan fingerprint density at radius 1 is 0.548 bits per heavy atom. The van der Waals surface area contributed by atoms with E-state index in [9.17, 15) is 5.11 Å². The number of imidazole rings is 1. The third kappa shape index (κ3) is 8.23.